The van der Waals surface area contributed by atoms with Crippen LogP contribution >= 0.6 is 0 Å². The van der Waals surface area contributed by atoms with Gasteiger partial charge in [0.2, 0.25) is 0 Å². The van der Waals surface area contributed by atoms with Gasteiger partial charge >= 0.3 is 0 Å². The highest BCUT2D eigenvalue weighted by Crippen LogP contribution is 2.17. The number of benzene rings is 1. The monoisotopic (exact) mass is 346 g/mol. The van der Waals surface area contributed by atoms with Crippen LogP contribution in [-0.4, -0.2) is 27.6 Å². The van der Waals surface area contributed by atoms with Gasteiger partial charge in [-0.3, -0.25) is 4.98 Å². The molecule has 26 heavy (non-hydrogen) atoms. The minimum Gasteiger partial charge on any atom is -0.364 e. The van der Waals surface area contributed by atoms with Gasteiger partial charge in [0.25, 0.3) is 0 Å². The summed E-state index contributed by atoms with van der Waals surface area (Å²) < 4.78 is 2.03. The normalized spacial score (nSPS) is 10.5. The topological polar surface area (TPSA) is 69.8 Å². The SMILES string of the molecule is Cn1cncc1CN(CCNCc1ccncc1)c1ccc(C#N)cc1. The molecule has 0 saturated heterocycles. The second-order valence-corrected chi connectivity index (χ2v) is 6.11. The van der Waals surface area contributed by atoms with Crippen LogP contribution < -0.4 is 10.2 Å². The first kappa shape index (κ1) is 17.6. The molecule has 0 atom stereocenters. The van der Waals surface area contributed by atoms with Gasteiger partial charge in [0.05, 0.1) is 30.2 Å². The molecule has 0 spiro atoms. The van der Waals surface area contributed by atoms with E-state index in [1.165, 1.54) is 5.56 Å². The Hall–Kier alpha value is -3.17. The van der Waals surface area contributed by atoms with Crippen molar-refractivity contribution in [1.82, 2.24) is 19.9 Å². The van der Waals surface area contributed by atoms with Gasteiger partial charge in [0.15, 0.2) is 0 Å². The van der Waals surface area contributed by atoms with Crippen molar-refractivity contribution in [1.29, 1.82) is 5.26 Å². The smallest absolute Gasteiger partial charge is 0.0991 e. The molecule has 6 heteroatoms. The van der Waals surface area contributed by atoms with Gasteiger partial charge in [-0.1, -0.05) is 0 Å². The highest BCUT2D eigenvalue weighted by Gasteiger charge is 2.10. The molecule has 3 rings (SSSR count). The fourth-order valence-electron chi connectivity index (χ4n) is 2.73. The fraction of sp³-hybridized carbons (Fsp3) is 0.250. The van der Waals surface area contributed by atoms with Crippen molar-refractivity contribution in [3.8, 4) is 6.07 Å². The van der Waals surface area contributed by atoms with Crippen LogP contribution in [0.15, 0.2) is 61.3 Å². The van der Waals surface area contributed by atoms with Gasteiger partial charge in [-0.25, -0.2) is 4.98 Å². The molecule has 0 aliphatic heterocycles. The number of hydrogen-bond acceptors (Lipinski definition) is 5. The lowest BCUT2D eigenvalue weighted by atomic mass is 10.2. The molecule has 132 valence electrons. The summed E-state index contributed by atoms with van der Waals surface area (Å²) in [6.07, 6.45) is 7.32. The lowest BCUT2D eigenvalue weighted by Gasteiger charge is -2.25. The molecule has 0 bridgehead atoms. The maximum Gasteiger partial charge on any atom is 0.0991 e. The lowest BCUT2D eigenvalue weighted by Crippen LogP contribution is -2.32. The van der Waals surface area contributed by atoms with Gasteiger partial charge in [-0.2, -0.15) is 5.26 Å². The maximum absolute atomic E-state index is 9.00. The Labute approximate surface area is 153 Å². The first-order valence-corrected chi connectivity index (χ1v) is 8.56. The molecular weight excluding hydrogens is 324 g/mol. The summed E-state index contributed by atoms with van der Waals surface area (Å²) in [5.74, 6) is 0. The van der Waals surface area contributed by atoms with E-state index in [9.17, 15) is 0 Å². The molecule has 1 N–H and O–H groups in total. The molecule has 0 aliphatic carbocycles. The summed E-state index contributed by atoms with van der Waals surface area (Å²) in [5.41, 5.74) is 4.13. The zero-order valence-electron chi connectivity index (χ0n) is 14.8. The fourth-order valence-corrected chi connectivity index (χ4v) is 2.73. The molecule has 0 saturated carbocycles. The number of nitrogens with zero attached hydrogens (tertiary/aromatic N) is 5. The molecule has 0 amide bonds. The van der Waals surface area contributed by atoms with Crippen molar-refractivity contribution in [3.05, 3.63) is 78.1 Å². The molecule has 0 radical (unpaired) electrons. The van der Waals surface area contributed by atoms with E-state index in [0.717, 1.165) is 37.6 Å². The Morgan fingerprint density at radius 2 is 1.88 bits per heavy atom. The average Bonchev–Trinajstić information content (AvgIpc) is 3.10. The quantitative estimate of drug-likeness (QED) is 0.635. The van der Waals surface area contributed by atoms with Crippen molar-refractivity contribution in [2.45, 2.75) is 13.1 Å². The van der Waals surface area contributed by atoms with E-state index in [4.69, 9.17) is 5.26 Å². The minimum atomic E-state index is 0.671. The summed E-state index contributed by atoms with van der Waals surface area (Å²) in [6.45, 7) is 3.27. The van der Waals surface area contributed by atoms with Crippen LogP contribution in [-0.2, 0) is 20.1 Å². The Morgan fingerprint density at radius 1 is 1.12 bits per heavy atom. The Balaban J connectivity index is 1.64. The average molecular weight is 346 g/mol. The van der Waals surface area contributed by atoms with Crippen molar-refractivity contribution >= 4 is 5.69 Å². The van der Waals surface area contributed by atoms with E-state index >= 15 is 0 Å². The van der Waals surface area contributed by atoms with Crippen molar-refractivity contribution in [2.75, 3.05) is 18.0 Å². The molecule has 6 nitrogen and oxygen atoms in total. The first-order valence-electron chi connectivity index (χ1n) is 8.56. The molecule has 1 aromatic carbocycles. The number of imidazole rings is 1. The summed E-state index contributed by atoms with van der Waals surface area (Å²) >= 11 is 0. The molecule has 0 aliphatic rings. The van der Waals surface area contributed by atoms with Crippen molar-refractivity contribution in [3.63, 3.8) is 0 Å². The van der Waals surface area contributed by atoms with Crippen LogP contribution in [0.2, 0.25) is 0 Å². The van der Waals surface area contributed by atoms with Crippen LogP contribution in [0.4, 0.5) is 5.69 Å². The summed E-state index contributed by atoms with van der Waals surface area (Å²) in [7, 11) is 2.00. The summed E-state index contributed by atoms with van der Waals surface area (Å²) in [6, 6.07) is 13.9. The van der Waals surface area contributed by atoms with Gasteiger partial charge in [-0.05, 0) is 42.0 Å². The number of anilines is 1. The number of nitriles is 1. The third-order valence-corrected chi connectivity index (χ3v) is 4.27. The van der Waals surface area contributed by atoms with Crippen LogP contribution in [0.5, 0.6) is 0 Å². The standard InChI is InChI=1S/C20H22N6/c1-25-16-24-14-20(25)15-26(19-4-2-17(12-21)3-5-19)11-10-23-13-18-6-8-22-9-7-18/h2-9,14,16,23H,10-11,13,15H2,1H3. The second kappa shape index (κ2) is 8.79. The Bertz CT molecular complexity index is 848. The van der Waals surface area contributed by atoms with Crippen LogP contribution in [0.1, 0.15) is 16.8 Å². The number of rotatable bonds is 8. The van der Waals surface area contributed by atoms with E-state index in [0.29, 0.717) is 5.56 Å². The van der Waals surface area contributed by atoms with Gasteiger partial charge in [0, 0.05) is 51.0 Å². The molecule has 2 heterocycles. The summed E-state index contributed by atoms with van der Waals surface area (Å²) in [4.78, 5) is 10.5. The number of aromatic nitrogens is 3. The number of nitrogens with one attached hydrogen (secondary N) is 1. The van der Waals surface area contributed by atoms with Crippen LogP contribution in [0, 0.1) is 11.3 Å². The summed E-state index contributed by atoms with van der Waals surface area (Å²) in [5, 5.41) is 12.5. The molecular formula is C20H22N6. The third-order valence-electron chi connectivity index (χ3n) is 4.27. The molecule has 3 aromatic rings. The minimum absolute atomic E-state index is 0.671. The highest BCUT2D eigenvalue weighted by molar-refractivity contribution is 5.50. The highest BCUT2D eigenvalue weighted by atomic mass is 15.2. The molecule has 2 aromatic heterocycles. The second-order valence-electron chi connectivity index (χ2n) is 6.11. The molecule has 0 unspecified atom stereocenters. The number of pyridine rings is 1. The lowest BCUT2D eigenvalue weighted by molar-refractivity contribution is 0.647. The molecule has 0 fully saturated rings. The van der Waals surface area contributed by atoms with E-state index in [1.807, 2.05) is 72.9 Å². The van der Waals surface area contributed by atoms with E-state index < -0.39 is 0 Å². The largest absolute Gasteiger partial charge is 0.364 e. The van der Waals surface area contributed by atoms with Crippen molar-refractivity contribution < 1.29 is 0 Å². The van der Waals surface area contributed by atoms with E-state index in [1.54, 1.807) is 0 Å². The third kappa shape index (κ3) is 4.68. The van der Waals surface area contributed by atoms with Crippen LogP contribution in [0.3, 0.4) is 0 Å². The zero-order chi connectivity index (χ0) is 18.2. The Kier molecular flexibility index (Phi) is 5.96. The Morgan fingerprint density at radius 3 is 2.54 bits per heavy atom. The van der Waals surface area contributed by atoms with Gasteiger partial charge in [-0.15, -0.1) is 0 Å². The van der Waals surface area contributed by atoms with Crippen molar-refractivity contribution in [2.24, 2.45) is 7.05 Å². The number of aryl methyl sites for hydroxylation is 1. The predicted molar refractivity (Wildman–Crippen MR) is 101 cm³/mol. The van der Waals surface area contributed by atoms with E-state index in [2.05, 4.69) is 26.3 Å². The zero-order valence-corrected chi connectivity index (χ0v) is 14.8. The van der Waals surface area contributed by atoms with Gasteiger partial charge < -0.3 is 14.8 Å². The van der Waals surface area contributed by atoms with E-state index in [-0.39, 0.29) is 0 Å². The van der Waals surface area contributed by atoms with Gasteiger partial charge in [0.1, 0.15) is 0 Å². The predicted octanol–water partition coefficient (Wildman–Crippen LogP) is 2.48. The first-order chi connectivity index (χ1) is 12.8. The van der Waals surface area contributed by atoms with Crippen LogP contribution in [0.25, 0.3) is 0 Å². The number of hydrogen-bond donors (Lipinski definition) is 1. The maximum atomic E-state index is 9.00.